The van der Waals surface area contributed by atoms with Crippen LogP contribution in [-0.2, 0) is 22.7 Å². The number of benzene rings is 2. The Morgan fingerprint density at radius 1 is 1.08 bits per heavy atom. The molecule has 0 radical (unpaired) electrons. The molecule has 2 aliphatic rings. The molecule has 5 rings (SSSR count). The number of allylic oxidation sites excluding steroid dienone is 2. The Hall–Kier alpha value is -4.27. The summed E-state index contributed by atoms with van der Waals surface area (Å²) in [6, 6.07) is 12.3. The molecule has 2 aromatic carbocycles. The minimum absolute atomic E-state index is 0.00265. The molecule has 2 N–H and O–H groups in total. The van der Waals surface area contributed by atoms with Crippen molar-refractivity contribution < 1.29 is 18.4 Å². The number of nitrogens with zero attached hydrogens (tertiary/aromatic N) is 3. The van der Waals surface area contributed by atoms with Crippen LogP contribution >= 0.6 is 0 Å². The molecule has 7 nitrogen and oxygen atoms in total. The molecule has 0 spiro atoms. The summed E-state index contributed by atoms with van der Waals surface area (Å²) in [5.41, 5.74) is 2.96. The molecule has 1 aliphatic heterocycles. The summed E-state index contributed by atoms with van der Waals surface area (Å²) in [5.74, 6) is 0.740. The van der Waals surface area contributed by atoms with Crippen molar-refractivity contribution in [3.05, 3.63) is 89.8 Å². The molecule has 0 fully saturated rings. The van der Waals surface area contributed by atoms with E-state index in [2.05, 4.69) is 16.7 Å². The maximum atomic E-state index is 14.1. The Morgan fingerprint density at radius 3 is 2.62 bits per heavy atom. The lowest BCUT2D eigenvalue weighted by molar-refractivity contribution is -0.132. The van der Waals surface area contributed by atoms with Crippen LogP contribution in [0.3, 0.4) is 0 Å². The van der Waals surface area contributed by atoms with Gasteiger partial charge in [0.2, 0.25) is 11.8 Å². The van der Waals surface area contributed by atoms with Crippen molar-refractivity contribution in [1.82, 2.24) is 19.8 Å². The molecule has 9 heteroatoms. The third kappa shape index (κ3) is 6.25. The summed E-state index contributed by atoms with van der Waals surface area (Å²) in [6.45, 7) is 3.20. The van der Waals surface area contributed by atoms with E-state index in [-0.39, 0.29) is 29.5 Å². The maximum Gasteiger partial charge on any atom is 0.223 e. The van der Waals surface area contributed by atoms with Gasteiger partial charge in [0.25, 0.3) is 0 Å². The van der Waals surface area contributed by atoms with Crippen LogP contribution < -0.4 is 10.6 Å². The largest absolute Gasteiger partial charge is 0.350 e. The highest BCUT2D eigenvalue weighted by Gasteiger charge is 2.27. The van der Waals surface area contributed by atoms with E-state index in [0.717, 1.165) is 12.0 Å². The van der Waals surface area contributed by atoms with Crippen LogP contribution in [0.15, 0.2) is 72.3 Å². The fourth-order valence-corrected chi connectivity index (χ4v) is 4.85. The van der Waals surface area contributed by atoms with Gasteiger partial charge in [0, 0.05) is 37.2 Å². The molecule has 2 heterocycles. The molecule has 0 saturated heterocycles. The first-order chi connectivity index (χ1) is 18.9. The fourth-order valence-electron chi connectivity index (χ4n) is 4.85. The van der Waals surface area contributed by atoms with Crippen molar-refractivity contribution in [2.75, 3.05) is 11.9 Å². The third-order valence-electron chi connectivity index (χ3n) is 7.00. The molecule has 1 atom stereocenters. The van der Waals surface area contributed by atoms with Crippen molar-refractivity contribution in [3.63, 3.8) is 0 Å². The second kappa shape index (κ2) is 11.6. The summed E-state index contributed by atoms with van der Waals surface area (Å²) in [5, 5.41) is 6.28. The zero-order valence-corrected chi connectivity index (χ0v) is 21.8. The molecular weight excluding hydrogens is 500 g/mol. The Morgan fingerprint density at radius 2 is 1.90 bits per heavy atom. The van der Waals surface area contributed by atoms with Gasteiger partial charge in [0.05, 0.1) is 12.6 Å². The number of carbonyl (C=O) groups is 2. The zero-order valence-electron chi connectivity index (χ0n) is 21.8. The quantitative estimate of drug-likeness (QED) is 0.404. The van der Waals surface area contributed by atoms with Crippen molar-refractivity contribution in [1.29, 1.82) is 0 Å². The van der Waals surface area contributed by atoms with Crippen LogP contribution in [0.4, 0.5) is 20.3 Å². The Bertz CT molecular complexity index is 1430. The second-order valence-corrected chi connectivity index (χ2v) is 9.74. The second-order valence-electron chi connectivity index (χ2n) is 9.74. The lowest BCUT2D eigenvalue weighted by Gasteiger charge is -2.29. The van der Waals surface area contributed by atoms with Crippen LogP contribution in [0.25, 0.3) is 11.3 Å². The number of imidazole rings is 1. The molecule has 1 aromatic heterocycles. The van der Waals surface area contributed by atoms with Gasteiger partial charge in [-0.1, -0.05) is 42.9 Å². The number of rotatable bonds is 8. The summed E-state index contributed by atoms with van der Waals surface area (Å²) >= 11 is 0. The first-order valence-electron chi connectivity index (χ1n) is 13.2. The molecule has 1 aliphatic carbocycles. The van der Waals surface area contributed by atoms with Gasteiger partial charge in [-0.15, -0.1) is 0 Å². The number of halogens is 2. The smallest absolute Gasteiger partial charge is 0.223 e. The average Bonchev–Trinajstić information content (AvgIpc) is 3.31. The number of anilines is 2. The van der Waals surface area contributed by atoms with Crippen molar-refractivity contribution in [2.45, 2.75) is 51.7 Å². The Kier molecular flexibility index (Phi) is 7.86. The summed E-state index contributed by atoms with van der Waals surface area (Å²) in [7, 11) is 0. The van der Waals surface area contributed by atoms with E-state index in [1.807, 2.05) is 23.6 Å². The van der Waals surface area contributed by atoms with E-state index < -0.39 is 0 Å². The third-order valence-corrected chi connectivity index (χ3v) is 7.00. The van der Waals surface area contributed by atoms with E-state index in [1.54, 1.807) is 29.2 Å². The number of amides is 2. The number of hydrogen-bond acceptors (Lipinski definition) is 4. The predicted octanol–water partition coefficient (Wildman–Crippen LogP) is 5.48. The first kappa shape index (κ1) is 26.3. The van der Waals surface area contributed by atoms with Crippen LogP contribution in [-0.4, -0.2) is 38.9 Å². The van der Waals surface area contributed by atoms with Gasteiger partial charge in [0.15, 0.2) is 0 Å². The number of hydrogen-bond donors (Lipinski definition) is 2. The number of fused-ring (bicyclic) bond motifs is 1. The van der Waals surface area contributed by atoms with E-state index in [1.165, 1.54) is 24.3 Å². The van der Waals surface area contributed by atoms with Crippen LogP contribution in [0.2, 0.25) is 0 Å². The van der Waals surface area contributed by atoms with Crippen LogP contribution in [0, 0.1) is 11.6 Å². The molecule has 3 aromatic rings. The summed E-state index contributed by atoms with van der Waals surface area (Å²) in [4.78, 5) is 31.3. The molecule has 39 heavy (non-hydrogen) atoms. The van der Waals surface area contributed by atoms with E-state index >= 15 is 0 Å². The monoisotopic (exact) mass is 531 g/mol. The highest BCUT2D eigenvalue weighted by molar-refractivity contribution is 5.79. The summed E-state index contributed by atoms with van der Waals surface area (Å²) in [6.07, 6.45) is 8.22. The van der Waals surface area contributed by atoms with Gasteiger partial charge in [-0.3, -0.25) is 9.59 Å². The highest BCUT2D eigenvalue weighted by atomic mass is 19.1. The van der Waals surface area contributed by atoms with E-state index in [9.17, 15) is 18.4 Å². The molecule has 1 unspecified atom stereocenters. The molecule has 2 amide bonds. The first-order valence-corrected chi connectivity index (χ1v) is 13.2. The minimum Gasteiger partial charge on any atom is -0.350 e. The number of aromatic nitrogens is 2. The predicted molar refractivity (Wildman–Crippen MR) is 146 cm³/mol. The molecular formula is C30H31F2N5O2. The lowest BCUT2D eigenvalue weighted by atomic mass is 9.99. The van der Waals surface area contributed by atoms with Gasteiger partial charge >= 0.3 is 0 Å². The minimum atomic E-state index is -0.367. The normalized spacial score (nSPS) is 16.4. The van der Waals surface area contributed by atoms with Gasteiger partial charge in [-0.05, 0) is 49.2 Å². The zero-order chi connectivity index (χ0) is 27.4. The Balaban J connectivity index is 1.28. The van der Waals surface area contributed by atoms with Crippen molar-refractivity contribution in [2.24, 2.45) is 0 Å². The highest BCUT2D eigenvalue weighted by Crippen LogP contribution is 2.34. The standard InChI is InChI=1S/C30H31F2N5O2/c1-2-27(38)33-24-11-6-20(7-12-24)8-15-28(39)36-16-17-37-26(19-36)35-29(21-4-3-5-23(32)18-21)30(37)34-25-13-9-22(31)10-14-25/h3-7,9-11,13-14,18,24,34H,2,8,12,15-17,19H2,1H3,(H,33,38). The van der Waals surface area contributed by atoms with Crippen molar-refractivity contribution >= 4 is 23.3 Å². The molecule has 0 bridgehead atoms. The van der Waals surface area contributed by atoms with E-state index in [4.69, 9.17) is 4.98 Å². The fraction of sp³-hybridized carbons (Fsp3) is 0.300. The topological polar surface area (TPSA) is 79.3 Å². The van der Waals surface area contributed by atoms with Crippen LogP contribution in [0.1, 0.15) is 38.4 Å². The van der Waals surface area contributed by atoms with E-state index in [0.29, 0.717) is 67.5 Å². The van der Waals surface area contributed by atoms with Crippen LogP contribution in [0.5, 0.6) is 0 Å². The number of carbonyl (C=O) groups excluding carboxylic acids is 2. The van der Waals surface area contributed by atoms with Gasteiger partial charge < -0.3 is 20.1 Å². The van der Waals surface area contributed by atoms with Crippen molar-refractivity contribution in [3.8, 4) is 11.3 Å². The molecule has 0 saturated carbocycles. The molecule has 202 valence electrons. The Labute approximate surface area is 226 Å². The van der Waals surface area contributed by atoms with Gasteiger partial charge in [0.1, 0.15) is 29.0 Å². The summed E-state index contributed by atoms with van der Waals surface area (Å²) < 4.78 is 29.5. The average molecular weight is 532 g/mol. The SMILES string of the molecule is CCC(=O)NC1C=CC(CCC(=O)N2CCn3c(nc(-c4cccc(F)c4)c3Nc3ccc(F)cc3)C2)=CC1. The number of nitrogens with one attached hydrogen (secondary N) is 2. The van der Waals surface area contributed by atoms with Gasteiger partial charge in [-0.25, -0.2) is 13.8 Å². The van der Waals surface area contributed by atoms with Gasteiger partial charge in [-0.2, -0.15) is 0 Å². The maximum absolute atomic E-state index is 14.1. The lowest BCUT2D eigenvalue weighted by Crippen LogP contribution is -2.38.